The van der Waals surface area contributed by atoms with Crippen molar-refractivity contribution in [1.82, 2.24) is 15.0 Å². The number of fused-ring (bicyclic) bond motifs is 14. The quantitative estimate of drug-likeness (QED) is 0.156. The Labute approximate surface area is 417 Å². The second-order valence-electron chi connectivity index (χ2n) is 18.7. The van der Waals surface area contributed by atoms with E-state index in [1.807, 2.05) is 41.7 Å². The Morgan fingerprint density at radius 2 is 0.778 bits per heavy atom. The Bertz CT molecular complexity index is 4650. The zero-order valence-corrected chi connectivity index (χ0v) is 39.5. The number of aromatic nitrogens is 3. The molecule has 334 valence electrons. The summed E-state index contributed by atoms with van der Waals surface area (Å²) >= 11 is 1.86. The van der Waals surface area contributed by atoms with Crippen LogP contribution in [-0.4, -0.2) is 15.0 Å². The van der Waals surface area contributed by atoms with E-state index in [9.17, 15) is 0 Å². The smallest absolute Gasteiger partial charge is 0.164 e. The summed E-state index contributed by atoms with van der Waals surface area (Å²) < 4.78 is 9.46. The van der Waals surface area contributed by atoms with E-state index in [1.165, 1.54) is 74.4 Å². The van der Waals surface area contributed by atoms with Gasteiger partial charge in [-0.05, 0) is 113 Å². The standard InChI is InChI=1S/C67H39N3OS/c1-2-13-43(14-3-1)65-68-66(47-16-10-15-44(36-47)46-28-32-55-53-20-7-6-18-51(53)52-19-8-9-21-54(52)58(55)37-46)70-67(69-65)48-29-33-56-57-23-11-22-50(64(57)71-60(56)39-48)42-26-24-40(25-27-42)45-31-34-61-59(38-45)63-49-17-5-4-12-41(49)30-35-62(63)72-61/h1-39H. The molecule has 0 atom stereocenters. The third-order valence-electron chi connectivity index (χ3n) is 14.5. The molecule has 0 radical (unpaired) electrons. The van der Waals surface area contributed by atoms with Crippen molar-refractivity contribution in [2.24, 2.45) is 0 Å². The van der Waals surface area contributed by atoms with Crippen molar-refractivity contribution in [3.8, 4) is 67.5 Å². The Balaban J connectivity index is 0.795. The molecule has 0 spiro atoms. The van der Waals surface area contributed by atoms with Crippen molar-refractivity contribution in [2.75, 3.05) is 0 Å². The van der Waals surface area contributed by atoms with Crippen LogP contribution in [0.1, 0.15) is 0 Å². The normalized spacial score (nSPS) is 11.9. The van der Waals surface area contributed by atoms with Crippen LogP contribution in [0.4, 0.5) is 0 Å². The average Bonchev–Trinajstić information content (AvgIpc) is 4.04. The van der Waals surface area contributed by atoms with Crippen molar-refractivity contribution < 1.29 is 4.42 Å². The maximum atomic E-state index is 6.84. The zero-order chi connectivity index (χ0) is 47.3. The highest BCUT2D eigenvalue weighted by atomic mass is 32.1. The molecular formula is C67H39N3OS. The van der Waals surface area contributed by atoms with E-state index in [0.29, 0.717) is 17.5 Å². The lowest BCUT2D eigenvalue weighted by molar-refractivity contribution is 0.670. The molecule has 12 aromatic carbocycles. The monoisotopic (exact) mass is 933 g/mol. The molecule has 3 heterocycles. The topological polar surface area (TPSA) is 51.8 Å². The van der Waals surface area contributed by atoms with Crippen LogP contribution in [0.3, 0.4) is 0 Å². The molecule has 0 bridgehead atoms. The average molecular weight is 934 g/mol. The van der Waals surface area contributed by atoms with E-state index in [1.54, 1.807) is 0 Å². The highest BCUT2D eigenvalue weighted by Gasteiger charge is 2.18. The molecule has 0 fully saturated rings. The van der Waals surface area contributed by atoms with Gasteiger partial charge in [-0.2, -0.15) is 0 Å². The summed E-state index contributed by atoms with van der Waals surface area (Å²) in [4.78, 5) is 15.4. The van der Waals surface area contributed by atoms with Gasteiger partial charge in [0.25, 0.3) is 0 Å². The van der Waals surface area contributed by atoms with Gasteiger partial charge in [-0.25, -0.2) is 15.0 Å². The highest BCUT2D eigenvalue weighted by molar-refractivity contribution is 7.26. The van der Waals surface area contributed by atoms with Crippen LogP contribution >= 0.6 is 11.3 Å². The predicted molar refractivity (Wildman–Crippen MR) is 303 cm³/mol. The molecule has 0 saturated heterocycles. The van der Waals surface area contributed by atoms with Gasteiger partial charge in [-0.3, -0.25) is 0 Å². The maximum absolute atomic E-state index is 6.84. The van der Waals surface area contributed by atoms with Crippen molar-refractivity contribution in [2.45, 2.75) is 0 Å². The second kappa shape index (κ2) is 16.1. The van der Waals surface area contributed by atoms with Gasteiger partial charge in [0, 0.05) is 53.2 Å². The Morgan fingerprint density at radius 1 is 0.278 bits per heavy atom. The number of hydrogen-bond acceptors (Lipinski definition) is 5. The van der Waals surface area contributed by atoms with Crippen LogP contribution in [0, 0.1) is 0 Å². The fraction of sp³-hybridized carbons (Fsp3) is 0. The first-order chi connectivity index (χ1) is 35.6. The second-order valence-corrected chi connectivity index (χ2v) is 19.7. The van der Waals surface area contributed by atoms with Gasteiger partial charge >= 0.3 is 0 Å². The van der Waals surface area contributed by atoms with Crippen LogP contribution in [0.5, 0.6) is 0 Å². The first-order valence-electron chi connectivity index (χ1n) is 24.3. The van der Waals surface area contributed by atoms with Crippen molar-refractivity contribution in [3.63, 3.8) is 0 Å². The molecule has 0 unspecified atom stereocenters. The summed E-state index contributed by atoms with van der Waals surface area (Å²) in [6.07, 6.45) is 0. The lowest BCUT2D eigenvalue weighted by Crippen LogP contribution is -2.00. The number of nitrogens with zero attached hydrogens (tertiary/aromatic N) is 3. The molecule has 0 N–H and O–H groups in total. The number of benzene rings is 12. The molecule has 0 aliphatic heterocycles. The van der Waals surface area contributed by atoms with Crippen molar-refractivity contribution in [3.05, 3.63) is 237 Å². The van der Waals surface area contributed by atoms with Gasteiger partial charge < -0.3 is 4.42 Å². The molecule has 15 aromatic rings. The minimum absolute atomic E-state index is 0.577. The molecule has 0 saturated carbocycles. The van der Waals surface area contributed by atoms with E-state index in [-0.39, 0.29) is 0 Å². The van der Waals surface area contributed by atoms with Gasteiger partial charge in [-0.15, -0.1) is 11.3 Å². The van der Waals surface area contributed by atoms with Gasteiger partial charge in [0.15, 0.2) is 17.5 Å². The van der Waals surface area contributed by atoms with E-state index < -0.39 is 0 Å². The van der Waals surface area contributed by atoms with Gasteiger partial charge in [-0.1, -0.05) is 194 Å². The molecule has 4 nitrogen and oxygen atoms in total. The molecule has 15 rings (SSSR count). The largest absolute Gasteiger partial charge is 0.455 e. The van der Waals surface area contributed by atoms with Crippen LogP contribution < -0.4 is 0 Å². The third kappa shape index (κ3) is 6.56. The Kier molecular flexibility index (Phi) is 9.10. The highest BCUT2D eigenvalue weighted by Crippen LogP contribution is 2.43. The predicted octanol–water partition coefficient (Wildman–Crippen LogP) is 18.8. The lowest BCUT2D eigenvalue weighted by atomic mass is 9.92. The van der Waals surface area contributed by atoms with Crippen LogP contribution in [0.2, 0.25) is 0 Å². The van der Waals surface area contributed by atoms with Crippen molar-refractivity contribution >= 4 is 96.5 Å². The van der Waals surface area contributed by atoms with Crippen LogP contribution in [0.25, 0.3) is 153 Å². The molecule has 0 aliphatic carbocycles. The summed E-state index contributed by atoms with van der Waals surface area (Å²) in [5, 5.41) is 14.8. The van der Waals surface area contributed by atoms with Crippen molar-refractivity contribution in [1.29, 1.82) is 0 Å². The molecule has 5 heteroatoms. The SMILES string of the molecule is c1ccc(-c2nc(-c3cccc(-c4ccc5c6ccccc6c6ccccc6c5c4)c3)nc(-c3ccc4c(c3)oc3c(-c5ccc(-c6ccc7sc8ccc9ccccc9c8c7c6)cc5)cccc34)n2)cc1. The number of hydrogen-bond donors (Lipinski definition) is 0. The minimum atomic E-state index is 0.577. The van der Waals surface area contributed by atoms with Crippen LogP contribution in [-0.2, 0) is 0 Å². The maximum Gasteiger partial charge on any atom is 0.164 e. The summed E-state index contributed by atoms with van der Waals surface area (Å²) in [5.41, 5.74) is 11.0. The molecular weight excluding hydrogens is 895 g/mol. The molecule has 72 heavy (non-hydrogen) atoms. The summed E-state index contributed by atoms with van der Waals surface area (Å²) in [6, 6.07) is 84.6. The van der Waals surface area contributed by atoms with E-state index in [2.05, 4.69) is 206 Å². The number of furan rings is 1. The molecule has 3 aromatic heterocycles. The van der Waals surface area contributed by atoms with Gasteiger partial charge in [0.1, 0.15) is 11.2 Å². The number of thiophene rings is 1. The lowest BCUT2D eigenvalue weighted by Gasteiger charge is -2.13. The Morgan fingerprint density at radius 3 is 1.56 bits per heavy atom. The Hall–Kier alpha value is -9.29. The zero-order valence-electron chi connectivity index (χ0n) is 38.7. The number of rotatable bonds is 6. The minimum Gasteiger partial charge on any atom is -0.455 e. The summed E-state index contributed by atoms with van der Waals surface area (Å²) in [6.45, 7) is 0. The summed E-state index contributed by atoms with van der Waals surface area (Å²) in [7, 11) is 0. The first kappa shape index (κ1) is 40.6. The third-order valence-corrected chi connectivity index (χ3v) is 15.6. The number of para-hydroxylation sites is 1. The van der Waals surface area contributed by atoms with E-state index in [0.717, 1.165) is 60.9 Å². The first-order valence-corrected chi connectivity index (χ1v) is 25.1. The fourth-order valence-corrected chi connectivity index (χ4v) is 12.1. The molecule has 0 amide bonds. The fourth-order valence-electron chi connectivity index (χ4n) is 11.0. The van der Waals surface area contributed by atoms with Crippen LogP contribution in [0.15, 0.2) is 241 Å². The van der Waals surface area contributed by atoms with E-state index in [4.69, 9.17) is 19.4 Å². The van der Waals surface area contributed by atoms with Gasteiger partial charge in [0.2, 0.25) is 0 Å². The molecule has 0 aliphatic rings. The van der Waals surface area contributed by atoms with E-state index >= 15 is 0 Å². The summed E-state index contributed by atoms with van der Waals surface area (Å²) in [5.74, 6) is 1.79. The van der Waals surface area contributed by atoms with Gasteiger partial charge in [0.05, 0.1) is 0 Å².